The van der Waals surface area contributed by atoms with Gasteiger partial charge in [0, 0.05) is 36.9 Å². The van der Waals surface area contributed by atoms with E-state index < -0.39 is 5.41 Å². The lowest BCUT2D eigenvalue weighted by atomic mass is 9.67. The molecule has 2 aromatic heterocycles. The van der Waals surface area contributed by atoms with Crippen LogP contribution < -0.4 is 0 Å². The van der Waals surface area contributed by atoms with Crippen molar-refractivity contribution < 1.29 is 0 Å². The largest absolute Gasteiger partial charge is 0.228 e. The van der Waals surface area contributed by atoms with Crippen LogP contribution in [0.2, 0.25) is 0 Å². The molecule has 0 N–H and O–H groups in total. The van der Waals surface area contributed by atoms with Gasteiger partial charge in [0.25, 0.3) is 0 Å². The number of fused-ring (bicyclic) bond motifs is 6. The van der Waals surface area contributed by atoms with Gasteiger partial charge in [-0.15, -0.1) is 11.3 Å². The molecule has 0 amide bonds. The van der Waals surface area contributed by atoms with Crippen LogP contribution in [0, 0.1) is 0 Å². The average molecular weight is 731 g/mol. The first-order valence-corrected chi connectivity index (χ1v) is 19.9. The van der Waals surface area contributed by atoms with Gasteiger partial charge in [-0.25, -0.2) is 9.97 Å². The van der Waals surface area contributed by atoms with Crippen molar-refractivity contribution in [2.24, 2.45) is 0 Å². The predicted molar refractivity (Wildman–Crippen MR) is 234 cm³/mol. The molecule has 1 aliphatic rings. The Bertz CT molecular complexity index is 3020. The lowest BCUT2D eigenvalue weighted by Gasteiger charge is -2.33. The quantitative estimate of drug-likeness (QED) is 0.170. The Balaban J connectivity index is 1.06. The van der Waals surface area contributed by atoms with E-state index in [0.29, 0.717) is 5.82 Å². The molecule has 56 heavy (non-hydrogen) atoms. The zero-order valence-corrected chi connectivity index (χ0v) is 31.2. The Morgan fingerprint density at radius 1 is 0.357 bits per heavy atom. The lowest BCUT2D eigenvalue weighted by Crippen LogP contribution is -2.28. The average Bonchev–Trinajstić information content (AvgIpc) is 3.81. The molecule has 2 nitrogen and oxygen atoms in total. The van der Waals surface area contributed by atoms with Crippen molar-refractivity contribution in [3.63, 3.8) is 0 Å². The zero-order chi connectivity index (χ0) is 37.1. The first-order valence-electron chi connectivity index (χ1n) is 19.1. The second-order valence-corrected chi connectivity index (χ2v) is 15.5. The van der Waals surface area contributed by atoms with Gasteiger partial charge in [-0.05, 0) is 62.7 Å². The van der Waals surface area contributed by atoms with Crippen molar-refractivity contribution in [1.29, 1.82) is 0 Å². The van der Waals surface area contributed by atoms with Crippen LogP contribution in [-0.2, 0) is 5.41 Å². The third-order valence-corrected chi connectivity index (χ3v) is 12.6. The van der Waals surface area contributed by atoms with E-state index in [-0.39, 0.29) is 0 Å². The summed E-state index contributed by atoms with van der Waals surface area (Å²) in [6, 6.07) is 74.4. The minimum absolute atomic E-state index is 0.444. The molecule has 11 rings (SSSR count). The fraction of sp³-hybridized carbons (Fsp3) is 0.0189. The van der Waals surface area contributed by atoms with E-state index in [1.54, 1.807) is 0 Å². The number of rotatable bonds is 6. The monoisotopic (exact) mass is 730 g/mol. The third-order valence-electron chi connectivity index (χ3n) is 11.4. The van der Waals surface area contributed by atoms with E-state index >= 15 is 0 Å². The number of hydrogen-bond acceptors (Lipinski definition) is 3. The molecule has 0 unspecified atom stereocenters. The number of hydrogen-bond donors (Lipinski definition) is 0. The third kappa shape index (κ3) is 5.09. The summed E-state index contributed by atoms with van der Waals surface area (Å²) in [5.74, 6) is 0.709. The molecule has 1 aliphatic carbocycles. The maximum absolute atomic E-state index is 5.24. The minimum atomic E-state index is -0.444. The normalized spacial score (nSPS) is 12.8. The second-order valence-electron chi connectivity index (χ2n) is 14.5. The maximum atomic E-state index is 5.24. The topological polar surface area (TPSA) is 25.8 Å². The van der Waals surface area contributed by atoms with Crippen LogP contribution in [0.3, 0.4) is 0 Å². The Morgan fingerprint density at radius 2 is 0.911 bits per heavy atom. The molecule has 10 aromatic rings. The highest BCUT2D eigenvalue weighted by molar-refractivity contribution is 7.26. The number of nitrogens with zero attached hydrogens (tertiary/aromatic N) is 2. The summed E-state index contributed by atoms with van der Waals surface area (Å²) in [5.41, 5.74) is 14.5. The van der Waals surface area contributed by atoms with Crippen LogP contribution in [0.25, 0.3) is 76.3 Å². The summed E-state index contributed by atoms with van der Waals surface area (Å²) in [4.78, 5) is 10.4. The van der Waals surface area contributed by atoms with E-state index in [9.17, 15) is 0 Å². The van der Waals surface area contributed by atoms with E-state index in [1.807, 2.05) is 29.5 Å². The summed E-state index contributed by atoms with van der Waals surface area (Å²) >= 11 is 1.86. The van der Waals surface area contributed by atoms with Crippen LogP contribution in [0.15, 0.2) is 206 Å². The zero-order valence-electron chi connectivity index (χ0n) is 30.4. The van der Waals surface area contributed by atoms with Crippen molar-refractivity contribution >= 4 is 31.5 Å². The Morgan fingerprint density at radius 3 is 1.66 bits per heavy atom. The van der Waals surface area contributed by atoms with Gasteiger partial charge in [-0.2, -0.15) is 0 Å². The molecule has 0 radical (unpaired) electrons. The van der Waals surface area contributed by atoms with Crippen molar-refractivity contribution in [2.75, 3.05) is 0 Å². The van der Waals surface area contributed by atoms with Gasteiger partial charge in [-0.1, -0.05) is 188 Å². The van der Waals surface area contributed by atoms with E-state index in [2.05, 4.69) is 188 Å². The van der Waals surface area contributed by atoms with Crippen LogP contribution in [0.5, 0.6) is 0 Å². The predicted octanol–water partition coefficient (Wildman–Crippen LogP) is 13.9. The molecule has 262 valence electrons. The van der Waals surface area contributed by atoms with Gasteiger partial charge in [0.2, 0.25) is 0 Å². The van der Waals surface area contributed by atoms with Gasteiger partial charge in [0.05, 0.1) is 16.8 Å². The summed E-state index contributed by atoms with van der Waals surface area (Å²) in [6.07, 6.45) is 0. The number of benzene rings is 8. The van der Waals surface area contributed by atoms with Crippen molar-refractivity contribution in [2.45, 2.75) is 5.41 Å². The van der Waals surface area contributed by atoms with Crippen LogP contribution >= 0.6 is 11.3 Å². The molecule has 2 heterocycles. The highest BCUT2D eigenvalue weighted by Gasteiger charge is 2.46. The lowest BCUT2D eigenvalue weighted by molar-refractivity contribution is 0.768. The van der Waals surface area contributed by atoms with E-state index in [0.717, 1.165) is 28.1 Å². The van der Waals surface area contributed by atoms with Gasteiger partial charge in [-0.3, -0.25) is 0 Å². The maximum Gasteiger partial charge on any atom is 0.160 e. The molecular formula is C53H34N2S. The van der Waals surface area contributed by atoms with Crippen molar-refractivity contribution in [3.8, 4) is 56.2 Å². The molecule has 0 saturated carbocycles. The van der Waals surface area contributed by atoms with Crippen LogP contribution in [0.1, 0.15) is 22.3 Å². The molecule has 0 bridgehead atoms. The summed E-state index contributed by atoms with van der Waals surface area (Å²) in [6.45, 7) is 0. The first kappa shape index (κ1) is 32.5. The molecule has 0 spiro atoms. The van der Waals surface area contributed by atoms with Gasteiger partial charge >= 0.3 is 0 Å². The van der Waals surface area contributed by atoms with Gasteiger partial charge in [0.1, 0.15) is 0 Å². The molecule has 0 saturated heterocycles. The molecule has 3 heteroatoms. The van der Waals surface area contributed by atoms with Crippen LogP contribution in [0.4, 0.5) is 0 Å². The number of aromatic nitrogens is 2. The second kappa shape index (κ2) is 13.1. The Hall–Kier alpha value is -6.94. The molecular weight excluding hydrogens is 697 g/mol. The molecule has 0 atom stereocenters. The van der Waals surface area contributed by atoms with E-state index in [4.69, 9.17) is 9.97 Å². The summed E-state index contributed by atoms with van der Waals surface area (Å²) in [7, 11) is 0. The van der Waals surface area contributed by atoms with Crippen molar-refractivity contribution in [3.05, 3.63) is 229 Å². The molecule has 0 fully saturated rings. The fourth-order valence-electron chi connectivity index (χ4n) is 8.86. The highest BCUT2D eigenvalue weighted by atomic mass is 32.1. The van der Waals surface area contributed by atoms with E-state index in [1.165, 1.54) is 64.7 Å². The fourth-order valence-corrected chi connectivity index (χ4v) is 10.1. The molecule has 0 aliphatic heterocycles. The summed E-state index contributed by atoms with van der Waals surface area (Å²) < 4.78 is 2.63. The number of thiophene rings is 1. The Labute approximate surface area is 330 Å². The minimum Gasteiger partial charge on any atom is -0.228 e. The Kier molecular flexibility index (Phi) is 7.61. The first-order chi connectivity index (χ1) is 27.8. The standard InChI is InChI=1S/C53H34N2S/c1-4-15-37(16-5-1)52-54-48(36-29-27-35(28-30-36)41-23-14-24-44-43-22-11-13-26-50(43)56-51(41)44)34-49(55-52)38-31-32-47-45(33-38)42-21-10-12-25-46(42)53(47,39-17-6-2-7-18-39)40-19-8-3-9-20-40/h1-34H. The van der Waals surface area contributed by atoms with Gasteiger partial charge in [0.15, 0.2) is 5.82 Å². The highest BCUT2D eigenvalue weighted by Crippen LogP contribution is 2.56. The SMILES string of the molecule is c1ccc(-c2nc(-c3ccc(-c4cccc5c4sc4ccccc45)cc3)cc(-c3ccc4c(c3)-c3ccccc3C4(c3ccccc3)c3ccccc3)n2)cc1. The smallest absolute Gasteiger partial charge is 0.160 e. The van der Waals surface area contributed by atoms with Gasteiger partial charge < -0.3 is 0 Å². The van der Waals surface area contributed by atoms with Crippen molar-refractivity contribution in [1.82, 2.24) is 9.97 Å². The summed E-state index contributed by atoms with van der Waals surface area (Å²) in [5, 5.41) is 2.62. The molecule has 8 aromatic carbocycles. The van der Waals surface area contributed by atoms with Crippen LogP contribution in [-0.4, -0.2) is 9.97 Å².